The van der Waals surface area contributed by atoms with E-state index in [0.29, 0.717) is 27.5 Å². The van der Waals surface area contributed by atoms with Crippen LogP contribution in [0.5, 0.6) is 0 Å². The summed E-state index contributed by atoms with van der Waals surface area (Å²) in [4.78, 5) is 4.49. The summed E-state index contributed by atoms with van der Waals surface area (Å²) < 4.78 is 42.3. The minimum absolute atomic E-state index is 0.0166. The highest BCUT2D eigenvalue weighted by Gasteiger charge is 2.19. The van der Waals surface area contributed by atoms with Gasteiger partial charge in [0.2, 0.25) is 0 Å². The van der Waals surface area contributed by atoms with Gasteiger partial charge < -0.3 is 0 Å². The fraction of sp³-hybridized carbons (Fsp3) is 0. The van der Waals surface area contributed by atoms with E-state index in [1.807, 2.05) is 0 Å². The van der Waals surface area contributed by atoms with Gasteiger partial charge in [0.05, 0.1) is 26.3 Å². The van der Waals surface area contributed by atoms with Gasteiger partial charge in [0.25, 0.3) is 10.0 Å². The summed E-state index contributed by atoms with van der Waals surface area (Å²) in [5, 5.41) is 2.67. The molecule has 0 fully saturated rings. The quantitative estimate of drug-likeness (QED) is 0.346. The van der Waals surface area contributed by atoms with Crippen molar-refractivity contribution in [2.75, 3.05) is 4.72 Å². The SMILES string of the molecule is O=S(=O)(Nc1ccccc1-c1csc(-c2ccccc2F)n1)c1ccc(Cl)c(Cl)c1. The van der Waals surface area contributed by atoms with Crippen LogP contribution in [0, 0.1) is 5.82 Å². The van der Waals surface area contributed by atoms with E-state index >= 15 is 0 Å². The third-order valence-corrected chi connectivity index (χ3v) is 7.23. The monoisotopic (exact) mass is 478 g/mol. The van der Waals surface area contributed by atoms with Gasteiger partial charge >= 0.3 is 0 Å². The first kappa shape index (κ1) is 20.8. The lowest BCUT2D eigenvalue weighted by atomic mass is 10.1. The molecule has 1 N–H and O–H groups in total. The van der Waals surface area contributed by atoms with Gasteiger partial charge in [-0.05, 0) is 36.4 Å². The van der Waals surface area contributed by atoms with Gasteiger partial charge in [-0.15, -0.1) is 11.3 Å². The molecule has 0 aliphatic carbocycles. The summed E-state index contributed by atoms with van der Waals surface area (Å²) in [5.41, 5.74) is 1.84. The van der Waals surface area contributed by atoms with Crippen LogP contribution >= 0.6 is 34.5 Å². The number of nitrogens with one attached hydrogen (secondary N) is 1. The molecule has 0 atom stereocenters. The smallest absolute Gasteiger partial charge is 0.261 e. The van der Waals surface area contributed by atoms with Crippen LogP contribution in [0.2, 0.25) is 10.0 Å². The van der Waals surface area contributed by atoms with Crippen LogP contribution in [0.3, 0.4) is 0 Å². The lowest BCUT2D eigenvalue weighted by molar-refractivity contribution is 0.601. The predicted octanol–water partition coefficient (Wildman–Crippen LogP) is 6.72. The summed E-state index contributed by atoms with van der Waals surface area (Å²) in [6.07, 6.45) is 0. The standard InChI is InChI=1S/C21H13Cl2FN2O2S2/c22-16-10-9-13(11-17(16)23)30(27,28)26-19-8-4-2-6-15(19)20-12-29-21(25-20)14-5-1-3-7-18(14)24/h1-12,26H. The van der Waals surface area contributed by atoms with E-state index < -0.39 is 10.0 Å². The Hall–Kier alpha value is -2.45. The molecule has 0 aliphatic heterocycles. The van der Waals surface area contributed by atoms with Crippen LogP contribution in [0.15, 0.2) is 77.0 Å². The van der Waals surface area contributed by atoms with Crippen LogP contribution in [0.1, 0.15) is 0 Å². The Morgan fingerprint density at radius 2 is 1.60 bits per heavy atom. The lowest BCUT2D eigenvalue weighted by Gasteiger charge is -2.12. The molecule has 1 heterocycles. The third-order valence-electron chi connectivity index (χ3n) is 4.26. The van der Waals surface area contributed by atoms with Crippen molar-refractivity contribution >= 4 is 50.2 Å². The van der Waals surface area contributed by atoms with Crippen molar-refractivity contribution in [1.29, 1.82) is 0 Å². The highest BCUT2D eigenvalue weighted by atomic mass is 35.5. The van der Waals surface area contributed by atoms with Gasteiger partial charge in [0, 0.05) is 16.5 Å². The van der Waals surface area contributed by atoms with Crippen LogP contribution in [-0.4, -0.2) is 13.4 Å². The molecule has 30 heavy (non-hydrogen) atoms. The van der Waals surface area contributed by atoms with Crippen molar-refractivity contribution < 1.29 is 12.8 Å². The minimum Gasteiger partial charge on any atom is -0.279 e. The van der Waals surface area contributed by atoms with Crippen LogP contribution in [-0.2, 0) is 10.0 Å². The Bertz CT molecular complexity index is 1340. The van der Waals surface area contributed by atoms with E-state index in [2.05, 4.69) is 9.71 Å². The highest BCUT2D eigenvalue weighted by Crippen LogP contribution is 2.35. The first-order valence-corrected chi connectivity index (χ1v) is 11.7. The molecule has 0 spiro atoms. The third kappa shape index (κ3) is 4.20. The molecule has 4 rings (SSSR count). The number of hydrogen-bond donors (Lipinski definition) is 1. The zero-order chi connectivity index (χ0) is 21.3. The summed E-state index contributed by atoms with van der Waals surface area (Å²) in [5.74, 6) is -0.369. The van der Waals surface area contributed by atoms with Crippen molar-refractivity contribution in [1.82, 2.24) is 4.98 Å². The average Bonchev–Trinajstić information content (AvgIpc) is 3.20. The zero-order valence-corrected chi connectivity index (χ0v) is 18.3. The number of para-hydroxylation sites is 1. The largest absolute Gasteiger partial charge is 0.279 e. The molecule has 3 aromatic carbocycles. The normalized spacial score (nSPS) is 11.4. The molecule has 0 saturated heterocycles. The van der Waals surface area contributed by atoms with Crippen molar-refractivity contribution in [3.63, 3.8) is 0 Å². The molecule has 4 nitrogen and oxygen atoms in total. The van der Waals surface area contributed by atoms with Crippen molar-refractivity contribution in [2.24, 2.45) is 0 Å². The van der Waals surface area contributed by atoms with Crippen LogP contribution in [0.25, 0.3) is 21.8 Å². The lowest BCUT2D eigenvalue weighted by Crippen LogP contribution is -2.13. The van der Waals surface area contributed by atoms with Crippen molar-refractivity contribution in [3.8, 4) is 21.8 Å². The van der Waals surface area contributed by atoms with E-state index in [9.17, 15) is 12.8 Å². The average molecular weight is 479 g/mol. The van der Waals surface area contributed by atoms with Crippen molar-refractivity contribution in [3.05, 3.63) is 88.0 Å². The van der Waals surface area contributed by atoms with E-state index in [1.54, 1.807) is 47.8 Å². The van der Waals surface area contributed by atoms with E-state index in [-0.39, 0.29) is 20.8 Å². The summed E-state index contributed by atoms with van der Waals surface area (Å²) >= 11 is 13.1. The maximum atomic E-state index is 14.1. The summed E-state index contributed by atoms with van der Waals surface area (Å²) in [7, 11) is -3.91. The van der Waals surface area contributed by atoms with E-state index in [1.165, 1.54) is 35.6 Å². The molecule has 0 amide bonds. The Morgan fingerprint density at radius 3 is 2.33 bits per heavy atom. The Kier molecular flexibility index (Phi) is 5.79. The van der Waals surface area contributed by atoms with Gasteiger partial charge in [0.15, 0.2) is 0 Å². The number of aromatic nitrogens is 1. The second-order valence-corrected chi connectivity index (χ2v) is 9.60. The molecule has 0 aliphatic rings. The Labute approximate surface area is 187 Å². The second-order valence-electron chi connectivity index (χ2n) is 6.24. The minimum atomic E-state index is -3.91. The zero-order valence-electron chi connectivity index (χ0n) is 15.1. The number of rotatable bonds is 5. The van der Waals surface area contributed by atoms with E-state index in [4.69, 9.17) is 23.2 Å². The summed E-state index contributed by atoms with van der Waals surface area (Å²) in [6.45, 7) is 0. The molecule has 0 radical (unpaired) electrons. The first-order chi connectivity index (χ1) is 14.3. The molecule has 0 unspecified atom stereocenters. The number of anilines is 1. The number of sulfonamides is 1. The molecule has 4 aromatic rings. The first-order valence-electron chi connectivity index (χ1n) is 8.63. The molecular formula is C21H13Cl2FN2O2S2. The number of thiazole rings is 1. The molecule has 0 bridgehead atoms. The highest BCUT2D eigenvalue weighted by molar-refractivity contribution is 7.92. The van der Waals surface area contributed by atoms with Crippen molar-refractivity contribution in [2.45, 2.75) is 4.90 Å². The molecular weight excluding hydrogens is 466 g/mol. The van der Waals surface area contributed by atoms with Gasteiger partial charge in [0.1, 0.15) is 10.8 Å². The Morgan fingerprint density at radius 1 is 0.900 bits per heavy atom. The molecule has 152 valence electrons. The number of halogens is 3. The molecule has 1 aromatic heterocycles. The molecule has 0 saturated carbocycles. The maximum Gasteiger partial charge on any atom is 0.261 e. The van der Waals surface area contributed by atoms with Gasteiger partial charge in [-0.2, -0.15) is 0 Å². The topological polar surface area (TPSA) is 59.1 Å². The second kappa shape index (κ2) is 8.35. The van der Waals surface area contributed by atoms with E-state index in [0.717, 1.165) is 0 Å². The van der Waals surface area contributed by atoms with Gasteiger partial charge in [-0.3, -0.25) is 4.72 Å². The number of nitrogens with zero attached hydrogens (tertiary/aromatic N) is 1. The van der Waals surface area contributed by atoms with Gasteiger partial charge in [-0.25, -0.2) is 17.8 Å². The van der Waals surface area contributed by atoms with Gasteiger partial charge in [-0.1, -0.05) is 53.5 Å². The van der Waals surface area contributed by atoms with Crippen LogP contribution < -0.4 is 4.72 Å². The predicted molar refractivity (Wildman–Crippen MR) is 120 cm³/mol. The number of benzene rings is 3. The van der Waals surface area contributed by atoms with Crippen LogP contribution in [0.4, 0.5) is 10.1 Å². The number of hydrogen-bond acceptors (Lipinski definition) is 4. The maximum absolute atomic E-state index is 14.1. The Balaban J connectivity index is 1.70. The summed E-state index contributed by atoms with van der Waals surface area (Å²) in [6, 6.07) is 17.3. The fourth-order valence-corrected chi connectivity index (χ4v) is 5.11. The molecule has 9 heteroatoms. The fourth-order valence-electron chi connectivity index (χ4n) is 2.80.